The van der Waals surface area contributed by atoms with Crippen molar-refractivity contribution >= 4 is 53.2 Å². The molecule has 0 saturated carbocycles. The molecule has 0 radical (unpaired) electrons. The van der Waals surface area contributed by atoms with E-state index in [-0.39, 0.29) is 38.2 Å². The van der Waals surface area contributed by atoms with Crippen molar-refractivity contribution in [3.63, 3.8) is 0 Å². The van der Waals surface area contributed by atoms with Crippen LogP contribution in [0.1, 0.15) is 43.7 Å². The number of esters is 1. The van der Waals surface area contributed by atoms with Gasteiger partial charge in [-0.1, -0.05) is 18.2 Å². The second kappa shape index (κ2) is 16.1. The largest absolute Gasteiger partial charge is 0.497 e. The molecular formula is C34H37N3O11S. The van der Waals surface area contributed by atoms with E-state index < -0.39 is 53.6 Å². The molecule has 3 aromatic rings. The molecule has 3 atom stereocenters. The van der Waals surface area contributed by atoms with E-state index in [9.17, 15) is 33.9 Å². The molecule has 1 aliphatic rings. The van der Waals surface area contributed by atoms with Crippen molar-refractivity contribution in [3.8, 4) is 11.5 Å². The fourth-order valence-electron chi connectivity index (χ4n) is 4.90. The lowest BCUT2D eigenvalue weighted by molar-refractivity contribution is -0.158. The topological polar surface area (TPSA) is 178 Å². The van der Waals surface area contributed by atoms with Gasteiger partial charge in [0.2, 0.25) is 12.2 Å². The fraction of sp³-hybridized carbons (Fsp3) is 0.353. The number of carbonyl (C=O) groups is 6. The Morgan fingerprint density at radius 2 is 1.73 bits per heavy atom. The zero-order valence-corrected chi connectivity index (χ0v) is 28.1. The van der Waals surface area contributed by atoms with Crippen LogP contribution in [0, 0.1) is 0 Å². The molecular weight excluding hydrogens is 658 g/mol. The molecule has 0 bridgehead atoms. The lowest BCUT2D eigenvalue weighted by Crippen LogP contribution is -2.66. The standard InChI is InChI=1S/C34H37N3O11S/c1-34(2,3)48-33(44)35-25(32(43)47-20-21-7-11-23(45-4)12-8-21)15-16-46-24-13-9-22(10-14-24)37(28(39)19-38)26-18-36(30(26)40)29(31(41)42)27-6-5-17-49-27/h5-14,17,19,25-26,29H,15-16,18,20H2,1-4H3,(H,35,44)(H,41,42). The minimum absolute atomic E-state index is 0.0135. The van der Waals surface area contributed by atoms with Gasteiger partial charge in [0, 0.05) is 17.0 Å². The van der Waals surface area contributed by atoms with Gasteiger partial charge in [-0.3, -0.25) is 19.3 Å². The average Bonchev–Trinajstić information content (AvgIpc) is 3.60. The first-order valence-corrected chi connectivity index (χ1v) is 16.1. The molecule has 1 saturated heterocycles. The summed E-state index contributed by atoms with van der Waals surface area (Å²) in [6.45, 7) is 4.90. The summed E-state index contributed by atoms with van der Waals surface area (Å²) in [5.74, 6) is -2.52. The van der Waals surface area contributed by atoms with Crippen LogP contribution in [-0.2, 0) is 40.1 Å². The van der Waals surface area contributed by atoms with Crippen LogP contribution in [0.15, 0.2) is 66.0 Å². The average molecular weight is 696 g/mol. The summed E-state index contributed by atoms with van der Waals surface area (Å²) in [6.07, 6.45) is -0.711. The molecule has 0 aliphatic carbocycles. The van der Waals surface area contributed by atoms with Crippen LogP contribution in [0.25, 0.3) is 0 Å². The number of hydrogen-bond acceptors (Lipinski definition) is 11. The zero-order chi connectivity index (χ0) is 35.7. The molecule has 260 valence electrons. The number of anilines is 1. The minimum atomic E-state index is -1.21. The van der Waals surface area contributed by atoms with Crippen molar-refractivity contribution < 1.29 is 52.8 Å². The van der Waals surface area contributed by atoms with E-state index in [1.165, 1.54) is 35.6 Å². The summed E-state index contributed by atoms with van der Waals surface area (Å²) in [6, 6.07) is 12.8. The van der Waals surface area contributed by atoms with Crippen LogP contribution < -0.4 is 19.7 Å². The maximum Gasteiger partial charge on any atom is 0.408 e. The third-order valence-corrected chi connectivity index (χ3v) is 8.18. The molecule has 14 nitrogen and oxygen atoms in total. The van der Waals surface area contributed by atoms with Gasteiger partial charge >= 0.3 is 18.0 Å². The van der Waals surface area contributed by atoms with E-state index in [0.717, 1.165) is 9.80 Å². The summed E-state index contributed by atoms with van der Waals surface area (Å²) in [7, 11) is 1.54. The van der Waals surface area contributed by atoms with Crippen molar-refractivity contribution in [1.29, 1.82) is 0 Å². The van der Waals surface area contributed by atoms with Gasteiger partial charge in [-0.2, -0.15) is 0 Å². The maximum atomic E-state index is 13.1. The number of ether oxygens (including phenoxy) is 4. The number of nitrogens with one attached hydrogen (secondary N) is 1. The van der Waals surface area contributed by atoms with Crippen LogP contribution in [0.4, 0.5) is 10.5 Å². The highest BCUT2D eigenvalue weighted by Crippen LogP contribution is 2.34. The summed E-state index contributed by atoms with van der Waals surface area (Å²) < 4.78 is 21.7. The van der Waals surface area contributed by atoms with E-state index in [1.807, 2.05) is 0 Å². The highest BCUT2D eigenvalue weighted by Gasteiger charge is 2.49. The van der Waals surface area contributed by atoms with Crippen molar-refractivity contribution in [2.75, 3.05) is 25.2 Å². The van der Waals surface area contributed by atoms with Gasteiger partial charge in [-0.25, -0.2) is 14.4 Å². The Bertz CT molecular complexity index is 1640. The van der Waals surface area contributed by atoms with E-state index >= 15 is 0 Å². The molecule has 2 heterocycles. The Morgan fingerprint density at radius 1 is 1.06 bits per heavy atom. The minimum Gasteiger partial charge on any atom is -0.497 e. The summed E-state index contributed by atoms with van der Waals surface area (Å²) in [5, 5.41) is 14.0. The first kappa shape index (κ1) is 36.4. The van der Waals surface area contributed by atoms with Gasteiger partial charge in [0.05, 0.1) is 20.3 Å². The van der Waals surface area contributed by atoms with Crippen molar-refractivity contribution in [1.82, 2.24) is 10.2 Å². The molecule has 49 heavy (non-hydrogen) atoms. The number of carboxylic acid groups (broad SMARTS) is 1. The first-order chi connectivity index (χ1) is 23.3. The SMILES string of the molecule is COc1ccc(COC(=O)C(CCOc2ccc(N(C(=O)C=O)C3CN(C(C(=O)O)c4cccs4)C3=O)cc2)NC(=O)OC(C)(C)C)cc1. The molecule has 15 heteroatoms. The smallest absolute Gasteiger partial charge is 0.408 e. The van der Waals surface area contributed by atoms with Crippen LogP contribution in [0.3, 0.4) is 0 Å². The van der Waals surface area contributed by atoms with Crippen LogP contribution >= 0.6 is 11.3 Å². The van der Waals surface area contributed by atoms with Crippen LogP contribution in [-0.4, -0.2) is 84.1 Å². The number of rotatable bonds is 15. The fourth-order valence-corrected chi connectivity index (χ4v) is 5.73. The number of benzene rings is 2. The van der Waals surface area contributed by atoms with E-state index in [1.54, 1.807) is 69.7 Å². The lowest BCUT2D eigenvalue weighted by Gasteiger charge is -2.45. The Morgan fingerprint density at radius 3 is 2.29 bits per heavy atom. The van der Waals surface area contributed by atoms with Crippen molar-refractivity contribution in [2.24, 2.45) is 0 Å². The Kier molecular flexibility index (Phi) is 12.0. The number of hydrogen-bond donors (Lipinski definition) is 2. The second-order valence-electron chi connectivity index (χ2n) is 11.9. The quantitative estimate of drug-likeness (QED) is 0.102. The van der Waals surface area contributed by atoms with Crippen LogP contribution in [0.2, 0.25) is 0 Å². The third-order valence-electron chi connectivity index (χ3n) is 7.25. The second-order valence-corrected chi connectivity index (χ2v) is 12.9. The molecule has 2 aromatic carbocycles. The van der Waals surface area contributed by atoms with Gasteiger partial charge < -0.3 is 34.3 Å². The van der Waals surface area contributed by atoms with Gasteiger partial charge in [-0.05, 0) is 74.2 Å². The highest BCUT2D eigenvalue weighted by molar-refractivity contribution is 7.10. The summed E-state index contributed by atoms with van der Waals surface area (Å²) in [5.41, 5.74) is 0.129. The zero-order valence-electron chi connectivity index (χ0n) is 27.3. The molecule has 1 aliphatic heterocycles. The number of thiophene rings is 1. The number of aldehydes is 1. The number of β-lactam (4-membered cyclic amide) rings is 1. The Labute approximate surface area is 286 Å². The molecule has 1 aromatic heterocycles. The molecule has 4 rings (SSSR count). The Hall–Kier alpha value is -5.44. The van der Waals surface area contributed by atoms with E-state index in [2.05, 4.69) is 5.32 Å². The number of alkyl carbamates (subject to hydrolysis) is 1. The van der Waals surface area contributed by atoms with Gasteiger partial charge in [-0.15, -0.1) is 11.3 Å². The highest BCUT2D eigenvalue weighted by atomic mass is 32.1. The number of carboxylic acids is 1. The molecule has 3 unspecified atom stereocenters. The number of methoxy groups -OCH3 is 1. The van der Waals surface area contributed by atoms with E-state index in [4.69, 9.17) is 18.9 Å². The van der Waals surface area contributed by atoms with Gasteiger partial charge in [0.25, 0.3) is 5.91 Å². The molecule has 1 fully saturated rings. The number of nitrogens with zero attached hydrogens (tertiary/aromatic N) is 2. The number of amides is 3. The van der Waals surface area contributed by atoms with Crippen LogP contribution in [0.5, 0.6) is 11.5 Å². The Balaban J connectivity index is 1.39. The van der Waals surface area contributed by atoms with Crippen molar-refractivity contribution in [2.45, 2.75) is 57.5 Å². The summed E-state index contributed by atoms with van der Waals surface area (Å²) in [4.78, 5) is 77.3. The lowest BCUT2D eigenvalue weighted by atomic mass is 10.00. The predicted molar refractivity (Wildman–Crippen MR) is 176 cm³/mol. The molecule has 0 spiro atoms. The number of carbonyl (C=O) groups excluding carboxylic acids is 5. The number of likely N-dealkylation sites (tertiary alicyclic amines) is 1. The third kappa shape index (κ3) is 9.56. The van der Waals surface area contributed by atoms with E-state index in [0.29, 0.717) is 21.9 Å². The van der Waals surface area contributed by atoms with Crippen molar-refractivity contribution in [3.05, 3.63) is 76.5 Å². The maximum absolute atomic E-state index is 13.1. The summed E-state index contributed by atoms with van der Waals surface area (Å²) >= 11 is 1.19. The normalized spacial score (nSPS) is 15.2. The molecule has 2 N–H and O–H groups in total. The monoisotopic (exact) mass is 695 g/mol. The predicted octanol–water partition coefficient (Wildman–Crippen LogP) is 3.73. The molecule has 3 amide bonds. The first-order valence-electron chi connectivity index (χ1n) is 15.2. The number of aliphatic carboxylic acids is 1. The van der Waals surface area contributed by atoms with Gasteiger partial charge in [0.1, 0.15) is 35.8 Å². The van der Waals surface area contributed by atoms with Gasteiger partial charge in [0.15, 0.2) is 6.04 Å².